The number of benzene rings is 1. The third-order valence-corrected chi connectivity index (χ3v) is 3.33. The molecule has 1 unspecified atom stereocenters. The second kappa shape index (κ2) is 6.18. The van der Waals surface area contributed by atoms with Crippen molar-refractivity contribution in [1.29, 1.82) is 0 Å². The van der Waals surface area contributed by atoms with Gasteiger partial charge in [0.1, 0.15) is 11.5 Å². The van der Waals surface area contributed by atoms with Crippen molar-refractivity contribution in [3.8, 4) is 0 Å². The summed E-state index contributed by atoms with van der Waals surface area (Å²) in [6.45, 7) is 6.62. The van der Waals surface area contributed by atoms with Gasteiger partial charge in [-0.25, -0.2) is 8.78 Å². The molecule has 0 saturated heterocycles. The molecule has 0 amide bonds. The molecule has 0 saturated carbocycles. The lowest BCUT2D eigenvalue weighted by molar-refractivity contribution is 0.482. The Labute approximate surface area is 117 Å². The molecule has 0 aliphatic carbocycles. The molecule has 2 nitrogen and oxygen atoms in total. The highest BCUT2D eigenvalue weighted by atomic mass is 19.2. The number of hydrogen-bond acceptors (Lipinski definition) is 2. The van der Waals surface area contributed by atoms with Crippen LogP contribution in [0.15, 0.2) is 28.7 Å². The van der Waals surface area contributed by atoms with Crippen molar-refractivity contribution in [1.82, 2.24) is 5.32 Å². The molecule has 2 aromatic rings. The van der Waals surface area contributed by atoms with Crippen molar-refractivity contribution in [3.05, 3.63) is 58.5 Å². The molecule has 0 aliphatic rings. The Kier molecular flexibility index (Phi) is 4.55. The molecule has 1 heterocycles. The molecular weight excluding hydrogens is 260 g/mol. The second-order valence-electron chi connectivity index (χ2n) is 4.93. The Morgan fingerprint density at radius 2 is 1.90 bits per heavy atom. The van der Waals surface area contributed by atoms with Gasteiger partial charge < -0.3 is 9.73 Å². The zero-order valence-corrected chi connectivity index (χ0v) is 12.0. The Morgan fingerprint density at radius 1 is 1.15 bits per heavy atom. The normalized spacial score (nSPS) is 12.7. The van der Waals surface area contributed by atoms with Crippen LogP contribution in [-0.2, 0) is 6.42 Å². The molecule has 0 bridgehead atoms. The van der Waals surface area contributed by atoms with Crippen LogP contribution in [0.25, 0.3) is 0 Å². The summed E-state index contributed by atoms with van der Waals surface area (Å²) in [5.74, 6) is 0.0867. The smallest absolute Gasteiger partial charge is 0.159 e. The molecular formula is C16H19F2NO. The highest BCUT2D eigenvalue weighted by Crippen LogP contribution is 2.25. The summed E-state index contributed by atoms with van der Waals surface area (Å²) in [6.07, 6.45) is 0.588. The molecule has 1 aromatic carbocycles. The van der Waals surface area contributed by atoms with Gasteiger partial charge in [-0.1, -0.05) is 13.0 Å². The van der Waals surface area contributed by atoms with Crippen LogP contribution in [0.1, 0.15) is 35.6 Å². The predicted molar refractivity (Wildman–Crippen MR) is 74.7 cm³/mol. The van der Waals surface area contributed by atoms with Gasteiger partial charge >= 0.3 is 0 Å². The average Bonchev–Trinajstić information content (AvgIpc) is 2.72. The largest absolute Gasteiger partial charge is 0.466 e. The van der Waals surface area contributed by atoms with Gasteiger partial charge in [-0.2, -0.15) is 0 Å². The fourth-order valence-corrected chi connectivity index (χ4v) is 2.44. The molecule has 2 rings (SSSR count). The molecule has 20 heavy (non-hydrogen) atoms. The summed E-state index contributed by atoms with van der Waals surface area (Å²) < 4.78 is 31.8. The molecule has 0 aliphatic heterocycles. The quantitative estimate of drug-likeness (QED) is 0.892. The SMILES string of the molecule is CCNC(Cc1ccc(F)c(F)c1)c1cc(C)oc1C. The molecule has 4 heteroatoms. The summed E-state index contributed by atoms with van der Waals surface area (Å²) in [4.78, 5) is 0. The van der Waals surface area contributed by atoms with Crippen LogP contribution in [0, 0.1) is 25.5 Å². The Hall–Kier alpha value is -1.68. The summed E-state index contributed by atoms with van der Waals surface area (Å²) in [6, 6.07) is 6.05. The highest BCUT2D eigenvalue weighted by Gasteiger charge is 2.17. The first kappa shape index (κ1) is 14.7. The maximum Gasteiger partial charge on any atom is 0.159 e. The minimum absolute atomic E-state index is 0.0299. The van der Waals surface area contributed by atoms with Crippen LogP contribution in [-0.4, -0.2) is 6.54 Å². The van der Waals surface area contributed by atoms with Crippen LogP contribution < -0.4 is 5.32 Å². The fourth-order valence-electron chi connectivity index (χ4n) is 2.44. The zero-order valence-electron chi connectivity index (χ0n) is 12.0. The van der Waals surface area contributed by atoms with E-state index in [-0.39, 0.29) is 6.04 Å². The van der Waals surface area contributed by atoms with Gasteiger partial charge in [-0.15, -0.1) is 0 Å². The highest BCUT2D eigenvalue weighted by molar-refractivity contribution is 5.27. The van der Waals surface area contributed by atoms with Crippen LogP contribution in [0.5, 0.6) is 0 Å². The summed E-state index contributed by atoms with van der Waals surface area (Å²) in [5, 5.41) is 3.36. The molecule has 1 N–H and O–H groups in total. The van der Waals surface area contributed by atoms with E-state index < -0.39 is 11.6 Å². The number of nitrogens with one attached hydrogen (secondary N) is 1. The minimum atomic E-state index is -0.816. The first-order valence-electron chi connectivity index (χ1n) is 6.75. The van der Waals surface area contributed by atoms with Crippen molar-refractivity contribution in [3.63, 3.8) is 0 Å². The van der Waals surface area contributed by atoms with E-state index in [0.29, 0.717) is 6.42 Å². The van der Waals surface area contributed by atoms with Gasteiger partial charge in [0.2, 0.25) is 0 Å². The lowest BCUT2D eigenvalue weighted by Crippen LogP contribution is -2.23. The van der Waals surface area contributed by atoms with Crippen molar-refractivity contribution in [2.24, 2.45) is 0 Å². The van der Waals surface area contributed by atoms with E-state index in [4.69, 9.17) is 4.42 Å². The van der Waals surface area contributed by atoms with E-state index in [1.54, 1.807) is 6.07 Å². The van der Waals surface area contributed by atoms with E-state index in [2.05, 4.69) is 5.32 Å². The number of hydrogen-bond donors (Lipinski definition) is 1. The zero-order chi connectivity index (χ0) is 14.7. The topological polar surface area (TPSA) is 25.2 Å². The Balaban J connectivity index is 2.25. The molecule has 1 atom stereocenters. The van der Waals surface area contributed by atoms with Crippen LogP contribution in [0.4, 0.5) is 8.78 Å². The van der Waals surface area contributed by atoms with Gasteiger partial charge in [-0.05, 0) is 50.6 Å². The van der Waals surface area contributed by atoms with E-state index in [1.165, 1.54) is 12.1 Å². The maximum atomic E-state index is 13.3. The lowest BCUT2D eigenvalue weighted by Gasteiger charge is -2.17. The van der Waals surface area contributed by atoms with Crippen LogP contribution in [0.2, 0.25) is 0 Å². The maximum absolute atomic E-state index is 13.3. The fraction of sp³-hybridized carbons (Fsp3) is 0.375. The van der Waals surface area contributed by atoms with E-state index in [1.807, 2.05) is 26.8 Å². The number of rotatable bonds is 5. The molecule has 1 aromatic heterocycles. The van der Waals surface area contributed by atoms with Gasteiger partial charge in [0.15, 0.2) is 11.6 Å². The first-order chi connectivity index (χ1) is 9.51. The third-order valence-electron chi connectivity index (χ3n) is 3.33. The number of halogens is 2. The van der Waals surface area contributed by atoms with Crippen LogP contribution >= 0.6 is 0 Å². The summed E-state index contributed by atoms with van der Waals surface area (Å²) in [5.41, 5.74) is 1.82. The number of likely N-dealkylation sites (N-methyl/N-ethyl adjacent to an activating group) is 1. The lowest BCUT2D eigenvalue weighted by atomic mass is 9.99. The first-order valence-corrected chi connectivity index (χ1v) is 6.75. The molecule has 0 fully saturated rings. The number of aryl methyl sites for hydroxylation is 2. The predicted octanol–water partition coefficient (Wildman–Crippen LogP) is 4.07. The van der Waals surface area contributed by atoms with Gasteiger partial charge in [0.25, 0.3) is 0 Å². The average molecular weight is 279 g/mol. The monoisotopic (exact) mass is 279 g/mol. The Morgan fingerprint density at radius 3 is 2.45 bits per heavy atom. The third kappa shape index (κ3) is 3.25. The van der Waals surface area contributed by atoms with Crippen molar-refractivity contribution < 1.29 is 13.2 Å². The van der Waals surface area contributed by atoms with E-state index in [0.717, 1.165) is 29.2 Å². The second-order valence-corrected chi connectivity index (χ2v) is 4.93. The van der Waals surface area contributed by atoms with Crippen molar-refractivity contribution in [2.45, 2.75) is 33.2 Å². The molecule has 0 radical (unpaired) electrons. The Bertz CT molecular complexity index is 592. The molecule has 108 valence electrons. The summed E-state index contributed by atoms with van der Waals surface area (Å²) in [7, 11) is 0. The molecule has 0 spiro atoms. The summed E-state index contributed by atoms with van der Waals surface area (Å²) >= 11 is 0. The van der Waals surface area contributed by atoms with Crippen molar-refractivity contribution in [2.75, 3.05) is 6.54 Å². The van der Waals surface area contributed by atoms with Gasteiger partial charge in [0.05, 0.1) is 0 Å². The van der Waals surface area contributed by atoms with Crippen LogP contribution in [0.3, 0.4) is 0 Å². The number of furan rings is 1. The van der Waals surface area contributed by atoms with Gasteiger partial charge in [0, 0.05) is 11.6 Å². The van der Waals surface area contributed by atoms with E-state index in [9.17, 15) is 8.78 Å². The minimum Gasteiger partial charge on any atom is -0.466 e. The van der Waals surface area contributed by atoms with E-state index >= 15 is 0 Å². The van der Waals surface area contributed by atoms with Gasteiger partial charge in [-0.3, -0.25) is 0 Å². The van der Waals surface area contributed by atoms with Crippen molar-refractivity contribution >= 4 is 0 Å². The standard InChI is InChI=1S/C16H19F2NO/c1-4-19-16(13-7-10(2)20-11(13)3)9-12-5-6-14(17)15(18)8-12/h5-8,16,19H,4,9H2,1-3H3.